The molecule has 0 saturated heterocycles. The second-order valence-corrected chi connectivity index (χ2v) is 9.95. The van der Waals surface area contributed by atoms with Crippen molar-refractivity contribution in [2.75, 3.05) is 19.4 Å². The topological polar surface area (TPSA) is 84.3 Å². The van der Waals surface area contributed by atoms with E-state index in [2.05, 4.69) is 26.2 Å². The Balaban J connectivity index is 1.83. The largest absolute Gasteiger partial charge is 0.310 e. The second kappa shape index (κ2) is 8.25. The zero-order valence-electron chi connectivity index (χ0n) is 16.7. The summed E-state index contributed by atoms with van der Waals surface area (Å²) >= 11 is 3.46. The fourth-order valence-electron chi connectivity index (χ4n) is 3.02. The maximum absolute atomic E-state index is 12.8. The Hall–Kier alpha value is -2.23. The van der Waals surface area contributed by atoms with E-state index in [9.17, 15) is 13.2 Å². The molecule has 1 aromatic heterocycles. The summed E-state index contributed by atoms with van der Waals surface area (Å²) in [5.74, 6) is -0.190. The standard InChI is InChI=1S/C20H23BrN4O3S/c1-5-25-18-12-15(21)8-11-17(18)22-20(25)23-19(26)13(2)14-6-9-16(10-7-14)29(27,28)24(3)4/h6-13H,5H2,1-4H3,(H,22,23,26). The van der Waals surface area contributed by atoms with Crippen molar-refractivity contribution < 1.29 is 13.2 Å². The van der Waals surface area contributed by atoms with Crippen molar-refractivity contribution in [2.45, 2.75) is 31.2 Å². The number of benzene rings is 2. The van der Waals surface area contributed by atoms with Crippen molar-refractivity contribution in [3.05, 3.63) is 52.5 Å². The molecule has 0 aliphatic heterocycles. The third-order valence-corrected chi connectivity index (χ3v) is 7.14. The van der Waals surface area contributed by atoms with Crippen LogP contribution in [-0.2, 0) is 21.4 Å². The number of hydrogen-bond donors (Lipinski definition) is 1. The van der Waals surface area contributed by atoms with Gasteiger partial charge in [-0.1, -0.05) is 28.1 Å². The first-order chi connectivity index (χ1) is 13.6. The van der Waals surface area contributed by atoms with Gasteiger partial charge in [-0.15, -0.1) is 0 Å². The van der Waals surface area contributed by atoms with Gasteiger partial charge in [0, 0.05) is 25.1 Å². The van der Waals surface area contributed by atoms with Crippen LogP contribution in [0.1, 0.15) is 25.3 Å². The predicted octanol–water partition coefficient (Wildman–Crippen LogP) is 3.81. The van der Waals surface area contributed by atoms with Gasteiger partial charge in [-0.3, -0.25) is 10.1 Å². The molecule has 0 fully saturated rings. The summed E-state index contributed by atoms with van der Waals surface area (Å²) in [6.45, 7) is 4.43. The second-order valence-electron chi connectivity index (χ2n) is 6.88. The third-order valence-electron chi connectivity index (χ3n) is 4.81. The van der Waals surface area contributed by atoms with E-state index >= 15 is 0 Å². The molecule has 1 amide bonds. The highest BCUT2D eigenvalue weighted by Crippen LogP contribution is 2.25. The summed E-state index contributed by atoms with van der Waals surface area (Å²) in [7, 11) is -0.532. The van der Waals surface area contributed by atoms with Gasteiger partial charge in [-0.05, 0) is 49.7 Å². The molecule has 0 aliphatic carbocycles. The molecule has 1 N–H and O–H groups in total. The summed E-state index contributed by atoms with van der Waals surface area (Å²) in [5, 5.41) is 2.90. The van der Waals surface area contributed by atoms with Crippen LogP contribution in [-0.4, -0.2) is 42.3 Å². The van der Waals surface area contributed by atoms with E-state index < -0.39 is 15.9 Å². The van der Waals surface area contributed by atoms with Gasteiger partial charge in [0.1, 0.15) is 0 Å². The molecule has 9 heteroatoms. The van der Waals surface area contributed by atoms with E-state index in [-0.39, 0.29) is 10.8 Å². The summed E-state index contributed by atoms with van der Waals surface area (Å²) < 4.78 is 28.4. The molecule has 1 unspecified atom stereocenters. The van der Waals surface area contributed by atoms with Crippen molar-refractivity contribution in [3.63, 3.8) is 0 Å². The number of halogens is 1. The van der Waals surface area contributed by atoms with E-state index in [0.717, 1.165) is 25.4 Å². The van der Waals surface area contributed by atoms with Crippen LogP contribution in [0.3, 0.4) is 0 Å². The molecule has 0 saturated carbocycles. The summed E-state index contributed by atoms with van der Waals surface area (Å²) in [6, 6.07) is 12.2. The van der Waals surface area contributed by atoms with E-state index in [1.165, 1.54) is 26.2 Å². The summed E-state index contributed by atoms with van der Waals surface area (Å²) in [5.41, 5.74) is 2.46. The zero-order valence-corrected chi connectivity index (χ0v) is 19.1. The summed E-state index contributed by atoms with van der Waals surface area (Å²) in [4.78, 5) is 17.5. The van der Waals surface area contributed by atoms with Crippen molar-refractivity contribution in [1.82, 2.24) is 13.9 Å². The van der Waals surface area contributed by atoms with E-state index in [0.29, 0.717) is 12.5 Å². The average Bonchev–Trinajstić information content (AvgIpc) is 3.03. The SMILES string of the molecule is CCn1c(NC(=O)C(C)c2ccc(S(=O)(=O)N(C)C)cc2)nc2ccc(Br)cc21. The third kappa shape index (κ3) is 4.22. The van der Waals surface area contributed by atoms with E-state index in [1.54, 1.807) is 19.1 Å². The Bertz CT molecular complexity index is 1150. The fraction of sp³-hybridized carbons (Fsp3) is 0.300. The Labute approximate surface area is 178 Å². The summed E-state index contributed by atoms with van der Waals surface area (Å²) in [6.07, 6.45) is 0. The smallest absolute Gasteiger partial charge is 0.242 e. The van der Waals surface area contributed by atoms with Gasteiger partial charge < -0.3 is 4.57 Å². The molecular formula is C20H23BrN4O3S. The highest BCUT2D eigenvalue weighted by Gasteiger charge is 2.21. The number of carbonyl (C=O) groups excluding carboxylic acids is 1. The number of fused-ring (bicyclic) bond motifs is 1. The number of hydrogen-bond acceptors (Lipinski definition) is 4. The van der Waals surface area contributed by atoms with Gasteiger partial charge in [0.25, 0.3) is 0 Å². The van der Waals surface area contributed by atoms with Crippen molar-refractivity contribution >= 4 is 48.8 Å². The highest BCUT2D eigenvalue weighted by molar-refractivity contribution is 9.10. The molecule has 1 atom stereocenters. The number of imidazole rings is 1. The normalized spacial score (nSPS) is 13.0. The van der Waals surface area contributed by atoms with Crippen LogP contribution >= 0.6 is 15.9 Å². The lowest BCUT2D eigenvalue weighted by atomic mass is 10.0. The quantitative estimate of drug-likeness (QED) is 0.583. The minimum Gasteiger partial charge on any atom is -0.310 e. The van der Waals surface area contributed by atoms with Crippen LogP contribution in [0.2, 0.25) is 0 Å². The van der Waals surface area contributed by atoms with Crippen LogP contribution in [0.25, 0.3) is 11.0 Å². The molecule has 3 rings (SSSR count). The minimum atomic E-state index is -3.50. The first kappa shape index (κ1) is 21.5. The van der Waals surface area contributed by atoms with Crippen molar-refractivity contribution in [3.8, 4) is 0 Å². The number of carbonyl (C=O) groups is 1. The Kier molecular flexibility index (Phi) is 6.11. The molecule has 3 aromatic rings. The number of nitrogens with zero attached hydrogens (tertiary/aromatic N) is 3. The van der Waals surface area contributed by atoms with Gasteiger partial charge >= 0.3 is 0 Å². The maximum Gasteiger partial charge on any atom is 0.242 e. The number of aromatic nitrogens is 2. The number of nitrogens with one attached hydrogen (secondary N) is 1. The van der Waals surface area contributed by atoms with Gasteiger partial charge in [0.05, 0.1) is 21.8 Å². The number of aryl methyl sites for hydroxylation is 1. The molecule has 1 heterocycles. The van der Waals surface area contributed by atoms with Crippen LogP contribution in [0.15, 0.2) is 51.8 Å². The molecule has 0 aliphatic rings. The number of amides is 1. The van der Waals surface area contributed by atoms with E-state index in [4.69, 9.17) is 0 Å². The predicted molar refractivity (Wildman–Crippen MR) is 117 cm³/mol. The monoisotopic (exact) mass is 478 g/mol. The molecule has 7 nitrogen and oxygen atoms in total. The van der Waals surface area contributed by atoms with Crippen molar-refractivity contribution in [2.24, 2.45) is 0 Å². The Morgan fingerprint density at radius 2 is 1.86 bits per heavy atom. The fourth-order valence-corrected chi connectivity index (χ4v) is 4.27. The lowest BCUT2D eigenvalue weighted by molar-refractivity contribution is -0.117. The first-order valence-electron chi connectivity index (χ1n) is 9.14. The lowest BCUT2D eigenvalue weighted by Crippen LogP contribution is -2.23. The molecule has 0 spiro atoms. The van der Waals surface area contributed by atoms with Crippen LogP contribution in [0.5, 0.6) is 0 Å². The Morgan fingerprint density at radius 1 is 1.21 bits per heavy atom. The van der Waals surface area contributed by atoms with Crippen molar-refractivity contribution in [1.29, 1.82) is 0 Å². The van der Waals surface area contributed by atoms with Gasteiger partial charge in [-0.2, -0.15) is 0 Å². The van der Waals surface area contributed by atoms with Crippen LogP contribution in [0, 0.1) is 0 Å². The molecule has 154 valence electrons. The molecule has 0 bridgehead atoms. The maximum atomic E-state index is 12.8. The average molecular weight is 479 g/mol. The van der Waals surface area contributed by atoms with Crippen LogP contribution < -0.4 is 5.32 Å². The first-order valence-corrected chi connectivity index (χ1v) is 11.4. The lowest BCUT2D eigenvalue weighted by Gasteiger charge is -2.15. The van der Waals surface area contributed by atoms with Gasteiger partial charge in [0.2, 0.25) is 21.9 Å². The van der Waals surface area contributed by atoms with E-state index in [1.807, 2.05) is 29.7 Å². The van der Waals surface area contributed by atoms with Gasteiger partial charge in [-0.25, -0.2) is 17.7 Å². The zero-order chi connectivity index (χ0) is 21.3. The van der Waals surface area contributed by atoms with Crippen LogP contribution in [0.4, 0.5) is 5.95 Å². The Morgan fingerprint density at radius 3 is 2.45 bits per heavy atom. The molecular weight excluding hydrogens is 456 g/mol. The molecule has 2 aromatic carbocycles. The van der Waals surface area contributed by atoms with Gasteiger partial charge in [0.15, 0.2) is 0 Å². The minimum absolute atomic E-state index is 0.192. The number of rotatable bonds is 6. The number of sulfonamides is 1. The molecule has 29 heavy (non-hydrogen) atoms. The highest BCUT2D eigenvalue weighted by atomic mass is 79.9. The molecule has 0 radical (unpaired) electrons. The number of anilines is 1.